The molecule has 0 aliphatic heterocycles. The first-order valence-electron chi connectivity index (χ1n) is 6.53. The van der Waals surface area contributed by atoms with Gasteiger partial charge >= 0.3 is 0 Å². The Morgan fingerprint density at radius 2 is 1.00 bits per heavy atom. The minimum atomic E-state index is 0.977. The maximum absolute atomic E-state index is 4.35. The zero-order valence-corrected chi connectivity index (χ0v) is 11.5. The van der Waals surface area contributed by atoms with E-state index < -0.39 is 0 Å². The molecule has 0 bridgehead atoms. The van der Waals surface area contributed by atoms with Crippen LogP contribution in [0.4, 0.5) is 0 Å². The van der Waals surface area contributed by atoms with Crippen LogP contribution in [0.15, 0.2) is 48.8 Å². The molecule has 2 heteroatoms. The summed E-state index contributed by atoms with van der Waals surface area (Å²) in [6, 6.07) is 12.1. The van der Waals surface area contributed by atoms with E-state index in [0.29, 0.717) is 0 Å². The summed E-state index contributed by atoms with van der Waals surface area (Å²) in [5.41, 5.74) is 1.95. The summed E-state index contributed by atoms with van der Waals surface area (Å²) in [6.07, 6.45) is 3.60. The van der Waals surface area contributed by atoms with Gasteiger partial charge in [0.2, 0.25) is 0 Å². The van der Waals surface area contributed by atoms with E-state index in [-0.39, 0.29) is 0 Å². The van der Waals surface area contributed by atoms with Crippen LogP contribution in [0.25, 0.3) is 21.8 Å². The van der Waals surface area contributed by atoms with Gasteiger partial charge in [0.05, 0.1) is 11.0 Å². The van der Waals surface area contributed by atoms with Crippen molar-refractivity contribution in [2.75, 3.05) is 0 Å². The van der Waals surface area contributed by atoms with Gasteiger partial charge in [0.15, 0.2) is 0 Å². The first-order chi connectivity index (χ1) is 8.95. The van der Waals surface area contributed by atoms with Gasteiger partial charge in [-0.25, -0.2) is 0 Å². The van der Waals surface area contributed by atoms with Crippen LogP contribution in [0, 0.1) is 0 Å². The Hall–Kier alpha value is -1.96. The Morgan fingerprint density at radius 1 is 0.611 bits per heavy atom. The summed E-state index contributed by atoms with van der Waals surface area (Å²) in [5.74, 6) is 0. The summed E-state index contributed by atoms with van der Waals surface area (Å²) >= 11 is 0. The number of pyridine rings is 2. The number of benzene rings is 1. The fourth-order valence-corrected chi connectivity index (χ4v) is 1.68. The average molecular weight is 240 g/mol. The van der Waals surface area contributed by atoms with Crippen molar-refractivity contribution in [3.8, 4) is 0 Å². The fourth-order valence-electron chi connectivity index (χ4n) is 1.68. The molecular formula is C16H20N2. The zero-order chi connectivity index (χ0) is 13.4. The third kappa shape index (κ3) is 2.83. The fraction of sp³-hybridized carbons (Fsp3) is 0.250. The molecule has 0 aliphatic rings. The lowest BCUT2D eigenvalue weighted by atomic mass is 10.1. The van der Waals surface area contributed by atoms with E-state index in [4.69, 9.17) is 0 Å². The van der Waals surface area contributed by atoms with Crippen molar-refractivity contribution in [3.63, 3.8) is 0 Å². The number of aromatic nitrogens is 2. The molecular weight excluding hydrogens is 220 g/mol. The predicted octanol–water partition coefficient (Wildman–Crippen LogP) is 4.84. The van der Waals surface area contributed by atoms with E-state index >= 15 is 0 Å². The number of nitrogens with zero attached hydrogens (tertiary/aromatic N) is 2. The number of rotatable bonds is 0. The molecule has 1 aromatic carbocycles. The Kier molecular flexibility index (Phi) is 5.78. The highest BCUT2D eigenvalue weighted by atomic mass is 14.7. The maximum Gasteiger partial charge on any atom is 0.0964 e. The van der Waals surface area contributed by atoms with Crippen LogP contribution in [-0.4, -0.2) is 9.97 Å². The minimum absolute atomic E-state index is 0.977. The molecule has 0 unspecified atom stereocenters. The molecule has 0 fully saturated rings. The molecule has 0 amide bonds. The van der Waals surface area contributed by atoms with E-state index in [0.717, 1.165) is 21.8 Å². The standard InChI is InChI=1S/C12H8N2.2C2H6/c1-3-9-5-6-10-4-2-8-14-12(10)11(9)13-7-1;2*1-2/h1-8H;2*1-2H3. The van der Waals surface area contributed by atoms with Crippen LogP contribution in [0.1, 0.15) is 27.7 Å². The van der Waals surface area contributed by atoms with E-state index in [1.807, 2.05) is 39.8 Å². The van der Waals surface area contributed by atoms with Gasteiger partial charge in [0.1, 0.15) is 0 Å². The lowest BCUT2D eigenvalue weighted by molar-refractivity contribution is 1.37. The van der Waals surface area contributed by atoms with Crippen LogP contribution in [0.5, 0.6) is 0 Å². The second-order valence-corrected chi connectivity index (χ2v) is 3.22. The van der Waals surface area contributed by atoms with Gasteiger partial charge in [-0.15, -0.1) is 0 Å². The number of hydrogen-bond acceptors (Lipinski definition) is 2. The van der Waals surface area contributed by atoms with Gasteiger partial charge in [-0.05, 0) is 12.1 Å². The van der Waals surface area contributed by atoms with Crippen molar-refractivity contribution >= 4 is 21.8 Å². The molecule has 0 N–H and O–H groups in total. The number of fused-ring (bicyclic) bond motifs is 3. The first-order valence-corrected chi connectivity index (χ1v) is 6.53. The predicted molar refractivity (Wildman–Crippen MR) is 79.7 cm³/mol. The van der Waals surface area contributed by atoms with Crippen molar-refractivity contribution < 1.29 is 0 Å². The lowest BCUT2D eigenvalue weighted by Gasteiger charge is -2.00. The summed E-state index contributed by atoms with van der Waals surface area (Å²) < 4.78 is 0. The Balaban J connectivity index is 0.000000371. The highest BCUT2D eigenvalue weighted by Gasteiger charge is 2.00. The van der Waals surface area contributed by atoms with Crippen LogP contribution in [0.2, 0.25) is 0 Å². The zero-order valence-electron chi connectivity index (χ0n) is 11.5. The molecule has 2 heterocycles. The molecule has 0 radical (unpaired) electrons. The SMILES string of the molecule is CC.CC.c1cnc2c(c1)ccc1cccnc12. The van der Waals surface area contributed by atoms with Gasteiger partial charge in [-0.3, -0.25) is 9.97 Å². The van der Waals surface area contributed by atoms with Crippen LogP contribution in [0.3, 0.4) is 0 Å². The molecule has 0 saturated carbocycles. The molecule has 0 atom stereocenters. The van der Waals surface area contributed by atoms with E-state index in [1.54, 1.807) is 12.4 Å². The number of hydrogen-bond donors (Lipinski definition) is 0. The highest BCUT2D eigenvalue weighted by molar-refractivity contribution is 6.02. The van der Waals surface area contributed by atoms with Crippen molar-refractivity contribution in [1.82, 2.24) is 9.97 Å². The molecule has 3 rings (SSSR count). The van der Waals surface area contributed by atoms with Crippen molar-refractivity contribution in [2.24, 2.45) is 0 Å². The first kappa shape index (κ1) is 14.1. The van der Waals surface area contributed by atoms with Gasteiger partial charge in [0.25, 0.3) is 0 Å². The molecule has 2 nitrogen and oxygen atoms in total. The highest BCUT2D eigenvalue weighted by Crippen LogP contribution is 2.20. The Bertz CT molecular complexity index is 548. The average Bonchev–Trinajstić information content (AvgIpc) is 2.51. The summed E-state index contributed by atoms with van der Waals surface area (Å²) in [7, 11) is 0. The normalized spacial score (nSPS) is 9.11. The van der Waals surface area contributed by atoms with Gasteiger partial charge in [0, 0.05) is 23.2 Å². The quantitative estimate of drug-likeness (QED) is 0.526. The molecule has 2 aromatic heterocycles. The Morgan fingerprint density at radius 3 is 1.39 bits per heavy atom. The Labute approximate surface area is 109 Å². The molecule has 94 valence electrons. The van der Waals surface area contributed by atoms with Crippen LogP contribution in [-0.2, 0) is 0 Å². The van der Waals surface area contributed by atoms with E-state index in [2.05, 4.69) is 34.2 Å². The second-order valence-electron chi connectivity index (χ2n) is 3.22. The summed E-state index contributed by atoms with van der Waals surface area (Å²) in [6.45, 7) is 8.00. The lowest BCUT2D eigenvalue weighted by Crippen LogP contribution is -1.83. The van der Waals surface area contributed by atoms with Gasteiger partial charge in [-0.2, -0.15) is 0 Å². The topological polar surface area (TPSA) is 25.8 Å². The van der Waals surface area contributed by atoms with Crippen molar-refractivity contribution in [1.29, 1.82) is 0 Å². The second kappa shape index (κ2) is 7.38. The third-order valence-corrected chi connectivity index (χ3v) is 2.34. The van der Waals surface area contributed by atoms with Gasteiger partial charge in [-0.1, -0.05) is 52.0 Å². The molecule has 0 spiro atoms. The molecule has 0 saturated heterocycles. The van der Waals surface area contributed by atoms with Crippen LogP contribution < -0.4 is 0 Å². The third-order valence-electron chi connectivity index (χ3n) is 2.34. The van der Waals surface area contributed by atoms with Crippen LogP contribution >= 0.6 is 0 Å². The monoisotopic (exact) mass is 240 g/mol. The van der Waals surface area contributed by atoms with Crippen molar-refractivity contribution in [2.45, 2.75) is 27.7 Å². The largest absolute Gasteiger partial charge is 0.254 e. The molecule has 0 aliphatic carbocycles. The van der Waals surface area contributed by atoms with E-state index in [1.165, 1.54) is 0 Å². The summed E-state index contributed by atoms with van der Waals surface area (Å²) in [5, 5.41) is 2.28. The van der Waals surface area contributed by atoms with Gasteiger partial charge < -0.3 is 0 Å². The van der Waals surface area contributed by atoms with E-state index in [9.17, 15) is 0 Å². The maximum atomic E-state index is 4.35. The molecule has 18 heavy (non-hydrogen) atoms. The van der Waals surface area contributed by atoms with Crippen molar-refractivity contribution in [3.05, 3.63) is 48.8 Å². The summed E-state index contributed by atoms with van der Waals surface area (Å²) in [4.78, 5) is 8.69. The smallest absolute Gasteiger partial charge is 0.0964 e. The molecule has 3 aromatic rings. The minimum Gasteiger partial charge on any atom is -0.254 e.